The van der Waals surface area contributed by atoms with E-state index in [1.807, 2.05) is 6.26 Å². The van der Waals surface area contributed by atoms with Crippen LogP contribution >= 0.6 is 11.8 Å². The molecule has 0 aliphatic carbocycles. The lowest BCUT2D eigenvalue weighted by Crippen LogP contribution is -2.20. The van der Waals surface area contributed by atoms with Crippen molar-refractivity contribution >= 4 is 22.9 Å². The van der Waals surface area contributed by atoms with E-state index < -0.39 is 0 Å². The molecule has 0 N–H and O–H groups in total. The number of hydrogen-bond acceptors (Lipinski definition) is 5. The Morgan fingerprint density at radius 3 is 2.71 bits per heavy atom. The molecule has 0 saturated heterocycles. The molecule has 14 heavy (non-hydrogen) atoms. The highest BCUT2D eigenvalue weighted by Crippen LogP contribution is 2.11. The third-order valence-electron chi connectivity index (χ3n) is 1.98. The number of aromatic nitrogens is 5. The molecule has 0 fully saturated rings. The van der Waals surface area contributed by atoms with Crippen molar-refractivity contribution in [3.63, 3.8) is 0 Å². The monoisotopic (exact) mass is 211 g/mol. The summed E-state index contributed by atoms with van der Waals surface area (Å²) < 4.78 is 2.97. The van der Waals surface area contributed by atoms with E-state index in [0.717, 1.165) is 0 Å². The van der Waals surface area contributed by atoms with Crippen molar-refractivity contribution in [2.75, 3.05) is 6.26 Å². The highest BCUT2D eigenvalue weighted by Gasteiger charge is 2.11. The predicted molar refractivity (Wildman–Crippen MR) is 53.3 cm³/mol. The molecule has 0 spiro atoms. The summed E-state index contributed by atoms with van der Waals surface area (Å²) in [5.74, 6) is 0. The van der Waals surface area contributed by atoms with Crippen LogP contribution in [-0.2, 0) is 14.1 Å². The molecule has 2 rings (SSSR count). The Morgan fingerprint density at radius 2 is 2.07 bits per heavy atom. The van der Waals surface area contributed by atoms with Crippen LogP contribution in [0.2, 0.25) is 0 Å². The van der Waals surface area contributed by atoms with Gasteiger partial charge in [-0.1, -0.05) is 17.0 Å². The minimum atomic E-state index is -0.160. The van der Waals surface area contributed by atoms with E-state index >= 15 is 0 Å². The lowest BCUT2D eigenvalue weighted by molar-refractivity contribution is 0.704. The zero-order valence-corrected chi connectivity index (χ0v) is 8.87. The lowest BCUT2D eigenvalue weighted by atomic mass is 10.5. The number of rotatable bonds is 1. The van der Waals surface area contributed by atoms with Crippen LogP contribution in [0.25, 0.3) is 11.2 Å². The molecule has 0 aromatic carbocycles. The fourth-order valence-electron chi connectivity index (χ4n) is 1.21. The van der Waals surface area contributed by atoms with Crippen LogP contribution in [0.5, 0.6) is 0 Å². The van der Waals surface area contributed by atoms with Crippen LogP contribution in [0.1, 0.15) is 0 Å². The average molecular weight is 211 g/mol. The van der Waals surface area contributed by atoms with Gasteiger partial charge in [-0.05, 0) is 6.26 Å². The molecule has 74 valence electrons. The van der Waals surface area contributed by atoms with Crippen LogP contribution in [0.4, 0.5) is 0 Å². The summed E-state index contributed by atoms with van der Waals surface area (Å²) in [5, 5.41) is 8.18. The molecular weight excluding hydrogens is 202 g/mol. The van der Waals surface area contributed by atoms with Gasteiger partial charge in [-0.15, -0.1) is 5.10 Å². The number of thioether (sulfide) groups is 1. The molecule has 6 nitrogen and oxygen atoms in total. The summed E-state index contributed by atoms with van der Waals surface area (Å²) >= 11 is 1.42. The van der Waals surface area contributed by atoms with Gasteiger partial charge in [0.15, 0.2) is 16.3 Å². The molecule has 2 heterocycles. The van der Waals surface area contributed by atoms with Crippen molar-refractivity contribution in [1.82, 2.24) is 24.5 Å². The van der Waals surface area contributed by atoms with Gasteiger partial charge >= 0.3 is 0 Å². The molecule has 2 aromatic rings. The number of fused-ring (bicyclic) bond motifs is 1. The molecule has 0 atom stereocenters. The van der Waals surface area contributed by atoms with Gasteiger partial charge in [-0.2, -0.15) is 0 Å². The van der Waals surface area contributed by atoms with E-state index in [2.05, 4.69) is 15.3 Å². The van der Waals surface area contributed by atoms with Crippen LogP contribution in [-0.4, -0.2) is 30.8 Å². The van der Waals surface area contributed by atoms with Crippen molar-refractivity contribution in [2.24, 2.45) is 14.1 Å². The maximum absolute atomic E-state index is 11.7. The summed E-state index contributed by atoms with van der Waals surface area (Å²) in [6.45, 7) is 0. The van der Waals surface area contributed by atoms with Crippen LogP contribution in [0.15, 0.2) is 9.95 Å². The van der Waals surface area contributed by atoms with Crippen molar-refractivity contribution in [3.8, 4) is 0 Å². The van der Waals surface area contributed by atoms with Crippen LogP contribution in [0.3, 0.4) is 0 Å². The zero-order valence-electron chi connectivity index (χ0n) is 8.05. The summed E-state index contributed by atoms with van der Waals surface area (Å²) in [7, 11) is 3.39. The van der Waals surface area contributed by atoms with Crippen LogP contribution in [0, 0.1) is 0 Å². The van der Waals surface area contributed by atoms with Gasteiger partial charge in [0.05, 0.1) is 0 Å². The van der Waals surface area contributed by atoms with Crippen molar-refractivity contribution in [2.45, 2.75) is 5.16 Å². The second-order valence-electron chi connectivity index (χ2n) is 2.85. The van der Waals surface area contributed by atoms with Crippen molar-refractivity contribution in [3.05, 3.63) is 10.4 Å². The lowest BCUT2D eigenvalue weighted by Gasteiger charge is -2.02. The number of aryl methyl sites for hydroxylation is 1. The molecule has 0 bridgehead atoms. The fourth-order valence-corrected chi connectivity index (χ4v) is 1.74. The number of hydrogen-bond donors (Lipinski definition) is 0. The van der Waals surface area contributed by atoms with Gasteiger partial charge in [0.1, 0.15) is 0 Å². The minimum absolute atomic E-state index is 0.160. The third kappa shape index (κ3) is 1.12. The Kier molecular flexibility index (Phi) is 2.03. The van der Waals surface area contributed by atoms with E-state index in [-0.39, 0.29) is 5.56 Å². The minimum Gasteiger partial charge on any atom is -0.289 e. The van der Waals surface area contributed by atoms with Crippen LogP contribution < -0.4 is 5.56 Å². The molecule has 0 unspecified atom stereocenters. The van der Waals surface area contributed by atoms with E-state index in [1.54, 1.807) is 14.1 Å². The van der Waals surface area contributed by atoms with Crippen molar-refractivity contribution < 1.29 is 0 Å². The van der Waals surface area contributed by atoms with Gasteiger partial charge < -0.3 is 0 Å². The predicted octanol–water partition coefficient (Wildman–Crippen LogP) is -0.216. The summed E-state index contributed by atoms with van der Waals surface area (Å²) in [5.41, 5.74) is 0.678. The quantitative estimate of drug-likeness (QED) is 0.482. The van der Waals surface area contributed by atoms with E-state index in [1.165, 1.54) is 21.0 Å². The Balaban J connectivity index is 2.95. The van der Waals surface area contributed by atoms with Gasteiger partial charge in [-0.3, -0.25) is 9.36 Å². The molecule has 7 heteroatoms. The highest BCUT2D eigenvalue weighted by molar-refractivity contribution is 7.98. The first-order valence-electron chi connectivity index (χ1n) is 3.95. The third-order valence-corrected chi connectivity index (χ3v) is 2.71. The average Bonchev–Trinajstić information content (AvgIpc) is 2.54. The number of nitrogens with zero attached hydrogens (tertiary/aromatic N) is 5. The van der Waals surface area contributed by atoms with Gasteiger partial charge in [-0.25, -0.2) is 9.67 Å². The second-order valence-corrected chi connectivity index (χ2v) is 3.62. The van der Waals surface area contributed by atoms with E-state index in [4.69, 9.17) is 0 Å². The second kappa shape index (κ2) is 3.09. The summed E-state index contributed by atoms with van der Waals surface area (Å²) in [6.07, 6.45) is 1.87. The summed E-state index contributed by atoms with van der Waals surface area (Å²) in [4.78, 5) is 16.0. The zero-order chi connectivity index (χ0) is 10.3. The van der Waals surface area contributed by atoms with Crippen molar-refractivity contribution in [1.29, 1.82) is 0 Å². The molecule has 0 aliphatic heterocycles. The molecule has 0 radical (unpaired) electrons. The molecule has 0 aliphatic rings. The topological polar surface area (TPSA) is 65.6 Å². The standard InChI is InChI=1S/C7H9N5OS/c1-11-6(13)4-5(8-7(11)14-3)12(2)10-9-4/h1-3H3. The van der Waals surface area contributed by atoms with Gasteiger partial charge in [0, 0.05) is 14.1 Å². The molecule has 0 saturated carbocycles. The first kappa shape index (κ1) is 9.20. The molecule has 2 aromatic heterocycles. The summed E-state index contributed by atoms with van der Waals surface area (Å²) in [6, 6.07) is 0. The van der Waals surface area contributed by atoms with Gasteiger partial charge in [0.2, 0.25) is 0 Å². The Morgan fingerprint density at radius 1 is 1.36 bits per heavy atom. The molecular formula is C7H9N5OS. The first-order chi connectivity index (χ1) is 6.65. The van der Waals surface area contributed by atoms with E-state index in [9.17, 15) is 4.79 Å². The fraction of sp³-hybridized carbons (Fsp3) is 0.429. The van der Waals surface area contributed by atoms with E-state index in [0.29, 0.717) is 16.3 Å². The smallest absolute Gasteiger partial charge is 0.284 e. The normalized spacial score (nSPS) is 11.1. The highest BCUT2D eigenvalue weighted by atomic mass is 32.2. The molecule has 0 amide bonds. The Bertz CT molecular complexity index is 543. The maximum atomic E-state index is 11.7. The van der Waals surface area contributed by atoms with Gasteiger partial charge in [0.25, 0.3) is 5.56 Å². The Hall–Kier alpha value is -1.37. The maximum Gasteiger partial charge on any atom is 0.284 e. The first-order valence-corrected chi connectivity index (χ1v) is 5.18. The Labute approximate surface area is 83.9 Å². The largest absolute Gasteiger partial charge is 0.289 e. The SMILES string of the molecule is CSc1nc2c(nnn2C)c(=O)n1C.